The third-order valence-corrected chi connectivity index (χ3v) is 5.56. The fraction of sp³-hybridized carbons (Fsp3) is 1.00. The zero-order valence-corrected chi connectivity index (χ0v) is 8.74. The van der Waals surface area contributed by atoms with E-state index < -0.39 is 7.26 Å². The van der Waals surface area contributed by atoms with Crippen LogP contribution in [0.2, 0.25) is 0 Å². The molecule has 0 aliphatic heterocycles. The molecule has 2 heteroatoms. The Morgan fingerprint density at radius 3 is 2.20 bits per heavy atom. The molecule has 0 unspecified atom stereocenters. The molecule has 0 N–H and O–H groups in total. The molecule has 0 amide bonds. The summed E-state index contributed by atoms with van der Waals surface area (Å²) in [6.45, 7) is 11.0. The second kappa shape index (κ2) is 5.09. The van der Waals surface area contributed by atoms with Crippen LogP contribution in [0.4, 0.5) is 0 Å². The predicted molar refractivity (Wildman–Crippen MR) is 52.1 cm³/mol. The summed E-state index contributed by atoms with van der Waals surface area (Å²) in [4.78, 5) is 0. The Labute approximate surface area is 65.5 Å². The van der Waals surface area contributed by atoms with Crippen molar-refractivity contribution in [2.75, 3.05) is 38.9 Å². The molecule has 0 radical (unpaired) electrons. The quantitative estimate of drug-likeness (QED) is 0.446. The fourth-order valence-electron chi connectivity index (χ4n) is 0.670. The summed E-state index contributed by atoms with van der Waals surface area (Å²) in [5, 5.41) is 0. The Morgan fingerprint density at radius 1 is 1.20 bits per heavy atom. The van der Waals surface area contributed by atoms with E-state index in [2.05, 4.69) is 27.2 Å². The van der Waals surface area contributed by atoms with Crippen LogP contribution in [-0.4, -0.2) is 38.9 Å². The van der Waals surface area contributed by atoms with Crippen LogP contribution < -0.4 is 0 Å². The van der Waals surface area contributed by atoms with E-state index in [-0.39, 0.29) is 0 Å². The first kappa shape index (κ1) is 10.4. The topological polar surface area (TPSA) is 9.23 Å². The van der Waals surface area contributed by atoms with Crippen molar-refractivity contribution in [2.24, 2.45) is 0 Å². The van der Waals surface area contributed by atoms with E-state index in [0.717, 1.165) is 13.2 Å². The van der Waals surface area contributed by atoms with Crippen molar-refractivity contribution in [1.29, 1.82) is 0 Å². The van der Waals surface area contributed by atoms with Crippen molar-refractivity contribution in [3.05, 3.63) is 0 Å². The molecule has 0 saturated carbocycles. The molecule has 0 fully saturated rings. The van der Waals surface area contributed by atoms with Crippen LogP contribution in [0.25, 0.3) is 0 Å². The van der Waals surface area contributed by atoms with Crippen LogP contribution in [0.3, 0.4) is 0 Å². The van der Waals surface area contributed by atoms with Gasteiger partial charge < -0.3 is 0 Å². The molecule has 0 aromatic rings. The average molecular weight is 164 g/mol. The molecule has 0 aromatic carbocycles. The summed E-state index contributed by atoms with van der Waals surface area (Å²) in [6, 6.07) is 0. The number of ether oxygens (including phenoxy) is 1. The third-order valence-electron chi connectivity index (χ3n) is 2.08. The van der Waals surface area contributed by atoms with Crippen LogP contribution in [-0.2, 0) is 4.74 Å². The zero-order chi connectivity index (χ0) is 8.04. The molecule has 1 nitrogen and oxygen atoms in total. The van der Waals surface area contributed by atoms with Gasteiger partial charge in [0.25, 0.3) is 0 Å². The number of rotatable bonds is 5. The van der Waals surface area contributed by atoms with E-state index in [4.69, 9.17) is 4.74 Å². The van der Waals surface area contributed by atoms with E-state index in [9.17, 15) is 0 Å². The minimum absolute atomic E-state index is 0.840. The molecule has 0 spiro atoms. The molecule has 64 valence electrons. The van der Waals surface area contributed by atoms with Gasteiger partial charge >= 0.3 is 64.7 Å². The van der Waals surface area contributed by atoms with E-state index in [1.165, 1.54) is 12.3 Å². The Kier molecular flexibility index (Phi) is 5.29. The van der Waals surface area contributed by atoms with E-state index in [1.54, 1.807) is 0 Å². The average Bonchev–Trinajstić information content (AvgIpc) is 1.89. The van der Waals surface area contributed by atoms with E-state index in [1.807, 2.05) is 0 Å². The molecular weight excluding hydrogens is 143 g/mol. The van der Waals surface area contributed by atoms with Crippen LogP contribution in [0.5, 0.6) is 0 Å². The summed E-state index contributed by atoms with van der Waals surface area (Å²) >= 11 is 0. The molecule has 0 bridgehead atoms. The molecule has 0 heterocycles. The molecule has 0 atom stereocenters. The molecule has 0 aromatic heterocycles. The van der Waals surface area contributed by atoms with Gasteiger partial charge in [-0.05, 0) is 0 Å². The summed E-state index contributed by atoms with van der Waals surface area (Å²) < 4.78 is 5.31. The zero-order valence-electron chi connectivity index (χ0n) is 7.74. The monoisotopic (exact) mass is 164 g/mol. The molecular formula is C8H21OP. The second-order valence-corrected chi connectivity index (χ2v) is 9.00. The van der Waals surface area contributed by atoms with Crippen LogP contribution in [0, 0.1) is 0 Å². The van der Waals surface area contributed by atoms with Crippen molar-refractivity contribution < 1.29 is 4.74 Å². The first-order valence-corrected chi connectivity index (χ1v) is 7.61. The van der Waals surface area contributed by atoms with Gasteiger partial charge in [-0.2, -0.15) is 0 Å². The number of hydrogen-bond acceptors (Lipinski definition) is 1. The minimum atomic E-state index is -0.840. The van der Waals surface area contributed by atoms with Gasteiger partial charge in [0.2, 0.25) is 0 Å². The predicted octanol–water partition coefficient (Wildman–Crippen LogP) is 2.05. The van der Waals surface area contributed by atoms with Crippen LogP contribution in [0.15, 0.2) is 0 Å². The van der Waals surface area contributed by atoms with Gasteiger partial charge in [-0.25, -0.2) is 0 Å². The molecule has 0 aliphatic rings. The van der Waals surface area contributed by atoms with Crippen molar-refractivity contribution in [3.8, 4) is 0 Å². The Balaban J connectivity index is 3.28. The maximum absolute atomic E-state index is 5.31. The Morgan fingerprint density at radius 2 is 1.80 bits per heavy atom. The summed E-state index contributed by atoms with van der Waals surface area (Å²) in [5.41, 5.74) is 0. The van der Waals surface area contributed by atoms with Gasteiger partial charge in [-0.15, -0.1) is 0 Å². The van der Waals surface area contributed by atoms with Crippen molar-refractivity contribution in [1.82, 2.24) is 0 Å². The van der Waals surface area contributed by atoms with Gasteiger partial charge in [0.15, 0.2) is 0 Å². The van der Waals surface area contributed by atoms with Crippen molar-refractivity contribution in [2.45, 2.75) is 13.8 Å². The fourth-order valence-corrected chi connectivity index (χ4v) is 1.72. The van der Waals surface area contributed by atoms with Crippen molar-refractivity contribution in [3.63, 3.8) is 0 Å². The number of hydrogen-bond donors (Lipinski definition) is 0. The second-order valence-electron chi connectivity index (χ2n) is 3.46. The summed E-state index contributed by atoms with van der Waals surface area (Å²) in [5.74, 6) is 0. The van der Waals surface area contributed by atoms with E-state index in [0.29, 0.717) is 0 Å². The Hall–Kier alpha value is 0.390. The molecule has 0 saturated heterocycles. The van der Waals surface area contributed by atoms with Gasteiger partial charge in [0, 0.05) is 0 Å². The molecule has 0 rings (SSSR count). The molecule has 10 heavy (non-hydrogen) atoms. The van der Waals surface area contributed by atoms with Gasteiger partial charge in [-0.3, -0.25) is 0 Å². The standard InChI is InChI=1S/C8H21OP/c1-5-9-7-8-10(3,4)6-2/h10H,5-8H2,1-4H3. The SMILES string of the molecule is CCOCC[PH](C)(C)CC. The third kappa shape index (κ3) is 5.20. The van der Waals surface area contributed by atoms with Gasteiger partial charge in [0.05, 0.1) is 0 Å². The first-order valence-electron chi connectivity index (χ1n) is 4.20. The maximum atomic E-state index is 5.31. The summed E-state index contributed by atoms with van der Waals surface area (Å²) in [7, 11) is -0.840. The van der Waals surface area contributed by atoms with Crippen LogP contribution >= 0.6 is 7.26 Å². The van der Waals surface area contributed by atoms with Crippen molar-refractivity contribution >= 4 is 7.26 Å². The summed E-state index contributed by atoms with van der Waals surface area (Å²) in [6.07, 6.45) is 2.69. The van der Waals surface area contributed by atoms with Gasteiger partial charge in [-0.1, -0.05) is 0 Å². The molecule has 0 aliphatic carbocycles. The Bertz CT molecular complexity index is 81.3. The first-order chi connectivity index (χ1) is 4.62. The van der Waals surface area contributed by atoms with E-state index >= 15 is 0 Å². The van der Waals surface area contributed by atoms with Crippen LogP contribution in [0.1, 0.15) is 13.8 Å². The normalized spacial score (nSPS) is 13.6. The van der Waals surface area contributed by atoms with Gasteiger partial charge in [0.1, 0.15) is 0 Å².